The van der Waals surface area contributed by atoms with Gasteiger partial charge in [-0.1, -0.05) is 18.2 Å². The third-order valence-electron chi connectivity index (χ3n) is 4.37. The molecule has 0 radical (unpaired) electrons. The normalized spacial score (nSPS) is 12.6. The van der Waals surface area contributed by atoms with Crippen LogP contribution >= 0.6 is 11.3 Å². The number of nitrogens with one attached hydrogen (secondary N) is 1. The molecule has 0 unspecified atom stereocenters. The van der Waals surface area contributed by atoms with Crippen molar-refractivity contribution in [2.75, 3.05) is 7.05 Å². The standard InChI is InChI=1S/C19H17N3OS/c1-12(18-21-15-5-3-4-6-17(15)24-18)22(2)19(23)14-8-7-13-9-10-20-16(13)11-14/h3-12,20H,1-2H3/t12-/m1/s1. The summed E-state index contributed by atoms with van der Waals surface area (Å²) in [6.45, 7) is 2.02. The first-order valence-corrected chi connectivity index (χ1v) is 8.65. The van der Waals surface area contributed by atoms with Crippen LogP contribution in [0.15, 0.2) is 54.7 Å². The van der Waals surface area contributed by atoms with Crippen molar-refractivity contribution in [2.45, 2.75) is 13.0 Å². The number of carbonyl (C=O) groups excluding carboxylic acids is 1. The average Bonchev–Trinajstić information content (AvgIpc) is 3.25. The number of benzene rings is 2. The Kier molecular flexibility index (Phi) is 3.58. The number of thiazole rings is 1. The Hall–Kier alpha value is -2.66. The SMILES string of the molecule is C[C@H](c1nc2ccccc2s1)N(C)C(=O)c1ccc2cc[nH]c2c1. The van der Waals surface area contributed by atoms with Crippen LogP contribution in [-0.4, -0.2) is 27.8 Å². The molecule has 0 fully saturated rings. The number of amides is 1. The number of para-hydroxylation sites is 1. The highest BCUT2D eigenvalue weighted by Gasteiger charge is 2.22. The first-order chi connectivity index (χ1) is 11.6. The van der Waals surface area contributed by atoms with Crippen molar-refractivity contribution in [3.63, 3.8) is 0 Å². The van der Waals surface area contributed by atoms with Crippen LogP contribution in [0.4, 0.5) is 0 Å². The molecule has 2 heterocycles. The molecule has 0 saturated heterocycles. The number of aromatic nitrogens is 2. The van der Waals surface area contributed by atoms with Crippen LogP contribution in [0.3, 0.4) is 0 Å². The summed E-state index contributed by atoms with van der Waals surface area (Å²) in [7, 11) is 1.83. The number of carbonyl (C=O) groups is 1. The van der Waals surface area contributed by atoms with Gasteiger partial charge in [-0.3, -0.25) is 4.79 Å². The molecule has 4 aromatic rings. The monoisotopic (exact) mass is 335 g/mol. The maximum absolute atomic E-state index is 12.8. The second-order valence-corrected chi connectivity index (χ2v) is 6.95. The van der Waals surface area contributed by atoms with Crippen molar-refractivity contribution >= 4 is 38.4 Å². The van der Waals surface area contributed by atoms with Gasteiger partial charge in [-0.15, -0.1) is 11.3 Å². The average molecular weight is 335 g/mol. The molecule has 2 aromatic carbocycles. The Morgan fingerprint density at radius 1 is 1.21 bits per heavy atom. The summed E-state index contributed by atoms with van der Waals surface area (Å²) in [6.07, 6.45) is 1.88. The molecule has 0 aliphatic carbocycles. The van der Waals surface area contributed by atoms with Crippen LogP contribution < -0.4 is 0 Å². The lowest BCUT2D eigenvalue weighted by atomic mass is 10.1. The Morgan fingerprint density at radius 2 is 2.04 bits per heavy atom. The number of nitrogens with zero attached hydrogens (tertiary/aromatic N) is 2. The Bertz CT molecular complexity index is 1000. The smallest absolute Gasteiger partial charge is 0.254 e. The second kappa shape index (κ2) is 5.76. The molecule has 5 heteroatoms. The molecule has 0 aliphatic rings. The second-order valence-electron chi connectivity index (χ2n) is 5.89. The van der Waals surface area contributed by atoms with Gasteiger partial charge in [0.25, 0.3) is 5.91 Å². The summed E-state index contributed by atoms with van der Waals surface area (Å²) in [5.41, 5.74) is 2.64. The van der Waals surface area contributed by atoms with Crippen LogP contribution in [0.1, 0.15) is 28.3 Å². The van der Waals surface area contributed by atoms with E-state index in [1.807, 2.05) is 62.6 Å². The summed E-state index contributed by atoms with van der Waals surface area (Å²) in [5.74, 6) is -0.00161. The fraction of sp³-hybridized carbons (Fsp3) is 0.158. The molecule has 4 rings (SSSR count). The highest BCUT2D eigenvalue weighted by Crippen LogP contribution is 2.29. The maximum atomic E-state index is 12.8. The van der Waals surface area contributed by atoms with Gasteiger partial charge in [0.05, 0.1) is 16.3 Å². The van der Waals surface area contributed by atoms with Crippen LogP contribution in [0.25, 0.3) is 21.1 Å². The zero-order valence-electron chi connectivity index (χ0n) is 13.5. The Labute approximate surface area is 143 Å². The van der Waals surface area contributed by atoms with Gasteiger partial charge in [-0.05, 0) is 42.6 Å². The number of hydrogen-bond acceptors (Lipinski definition) is 3. The van der Waals surface area contributed by atoms with Gasteiger partial charge >= 0.3 is 0 Å². The van der Waals surface area contributed by atoms with E-state index in [9.17, 15) is 4.79 Å². The lowest BCUT2D eigenvalue weighted by Crippen LogP contribution is -2.29. The topological polar surface area (TPSA) is 49.0 Å². The molecule has 0 saturated carbocycles. The number of aromatic amines is 1. The molecule has 1 amide bonds. The Balaban J connectivity index is 1.63. The zero-order valence-corrected chi connectivity index (χ0v) is 14.3. The molecule has 0 bridgehead atoms. The van der Waals surface area contributed by atoms with Crippen molar-refractivity contribution < 1.29 is 4.79 Å². The lowest BCUT2D eigenvalue weighted by Gasteiger charge is -2.23. The van der Waals surface area contributed by atoms with Crippen molar-refractivity contribution in [3.8, 4) is 0 Å². The van der Waals surface area contributed by atoms with E-state index in [0.29, 0.717) is 5.56 Å². The summed E-state index contributed by atoms with van der Waals surface area (Å²) < 4.78 is 1.15. The highest BCUT2D eigenvalue weighted by atomic mass is 32.1. The predicted molar refractivity (Wildman–Crippen MR) is 98.4 cm³/mol. The van der Waals surface area contributed by atoms with Gasteiger partial charge in [0.1, 0.15) is 5.01 Å². The van der Waals surface area contributed by atoms with E-state index in [1.54, 1.807) is 16.2 Å². The van der Waals surface area contributed by atoms with Crippen molar-refractivity contribution in [2.24, 2.45) is 0 Å². The number of hydrogen-bond donors (Lipinski definition) is 1. The third kappa shape index (κ3) is 2.47. The van der Waals surface area contributed by atoms with Crippen LogP contribution in [0.5, 0.6) is 0 Å². The molecule has 2 aromatic heterocycles. The summed E-state index contributed by atoms with van der Waals surface area (Å²) in [5, 5.41) is 2.06. The summed E-state index contributed by atoms with van der Waals surface area (Å²) in [4.78, 5) is 22.4. The first kappa shape index (κ1) is 14.9. The number of H-pyrrole nitrogens is 1. The Morgan fingerprint density at radius 3 is 2.88 bits per heavy atom. The molecule has 1 N–H and O–H groups in total. The van der Waals surface area contributed by atoms with Gasteiger partial charge in [-0.2, -0.15) is 0 Å². The van der Waals surface area contributed by atoms with E-state index in [4.69, 9.17) is 0 Å². The van der Waals surface area contributed by atoms with Crippen LogP contribution in [0.2, 0.25) is 0 Å². The van der Waals surface area contributed by atoms with E-state index in [2.05, 4.69) is 16.0 Å². The molecule has 120 valence electrons. The third-order valence-corrected chi connectivity index (χ3v) is 5.58. The van der Waals surface area contributed by atoms with Gasteiger partial charge in [0, 0.05) is 24.3 Å². The summed E-state index contributed by atoms with van der Waals surface area (Å²) in [6, 6.07) is 15.7. The number of fused-ring (bicyclic) bond motifs is 2. The van der Waals surface area contributed by atoms with Crippen molar-refractivity contribution in [1.29, 1.82) is 0 Å². The van der Waals surface area contributed by atoms with Gasteiger partial charge in [0.15, 0.2) is 0 Å². The van der Waals surface area contributed by atoms with Gasteiger partial charge in [0.2, 0.25) is 0 Å². The maximum Gasteiger partial charge on any atom is 0.254 e. The van der Waals surface area contributed by atoms with Crippen LogP contribution in [0, 0.1) is 0 Å². The minimum Gasteiger partial charge on any atom is -0.361 e. The molecule has 24 heavy (non-hydrogen) atoms. The fourth-order valence-corrected chi connectivity index (χ4v) is 3.86. The van der Waals surface area contributed by atoms with Crippen molar-refractivity contribution in [3.05, 3.63) is 65.3 Å². The first-order valence-electron chi connectivity index (χ1n) is 7.83. The lowest BCUT2D eigenvalue weighted by molar-refractivity contribution is 0.0742. The van der Waals surface area contributed by atoms with Crippen molar-refractivity contribution in [1.82, 2.24) is 14.9 Å². The van der Waals surface area contributed by atoms with E-state index in [1.165, 1.54) is 0 Å². The van der Waals surface area contributed by atoms with E-state index in [0.717, 1.165) is 26.1 Å². The fourth-order valence-electron chi connectivity index (χ4n) is 2.79. The minimum atomic E-state index is -0.0748. The predicted octanol–water partition coefficient (Wildman–Crippen LogP) is 4.61. The molecule has 1 atom stereocenters. The largest absolute Gasteiger partial charge is 0.361 e. The van der Waals surface area contributed by atoms with Crippen LogP contribution in [-0.2, 0) is 0 Å². The van der Waals surface area contributed by atoms with Gasteiger partial charge < -0.3 is 9.88 Å². The van der Waals surface area contributed by atoms with Gasteiger partial charge in [-0.25, -0.2) is 4.98 Å². The molecule has 0 spiro atoms. The minimum absolute atomic E-state index is 0.00161. The van der Waals surface area contributed by atoms with E-state index in [-0.39, 0.29) is 11.9 Å². The highest BCUT2D eigenvalue weighted by molar-refractivity contribution is 7.18. The zero-order chi connectivity index (χ0) is 16.7. The van der Waals surface area contributed by atoms with E-state index < -0.39 is 0 Å². The molecular formula is C19H17N3OS. The number of rotatable bonds is 3. The molecule has 0 aliphatic heterocycles. The molecular weight excluding hydrogens is 318 g/mol. The quantitative estimate of drug-likeness (QED) is 0.594. The molecule has 4 nitrogen and oxygen atoms in total. The summed E-state index contributed by atoms with van der Waals surface area (Å²) >= 11 is 1.64. The van der Waals surface area contributed by atoms with E-state index >= 15 is 0 Å².